The number of carbonyl (C=O) groups is 1. The standard InChI is InChI=1S/C15H30N4O2/c1-11(19(6)14(20)21-15(2,3)4)9-10-17-13(16-5)18-12-7-8-12/h11-12H,7-10H2,1-6H3,(H2,16,17,18). The lowest BCUT2D eigenvalue weighted by molar-refractivity contribution is 0.0230. The average Bonchev–Trinajstić information content (AvgIpc) is 3.18. The molecule has 6 nitrogen and oxygen atoms in total. The first-order valence-corrected chi connectivity index (χ1v) is 7.66. The average molecular weight is 298 g/mol. The van der Waals surface area contributed by atoms with Crippen molar-refractivity contribution in [3.05, 3.63) is 0 Å². The van der Waals surface area contributed by atoms with E-state index in [1.807, 2.05) is 27.7 Å². The van der Waals surface area contributed by atoms with Gasteiger partial charge in [0.25, 0.3) is 0 Å². The van der Waals surface area contributed by atoms with Crippen molar-refractivity contribution in [2.45, 2.75) is 64.6 Å². The molecule has 2 N–H and O–H groups in total. The molecule has 1 atom stereocenters. The number of carbonyl (C=O) groups excluding carboxylic acids is 1. The highest BCUT2D eigenvalue weighted by Crippen LogP contribution is 2.18. The lowest BCUT2D eigenvalue weighted by Crippen LogP contribution is -2.43. The van der Waals surface area contributed by atoms with Crippen molar-refractivity contribution in [2.75, 3.05) is 20.6 Å². The summed E-state index contributed by atoms with van der Waals surface area (Å²) in [5, 5.41) is 6.60. The highest BCUT2D eigenvalue weighted by atomic mass is 16.6. The Morgan fingerprint density at radius 3 is 2.52 bits per heavy atom. The molecule has 1 aliphatic rings. The van der Waals surface area contributed by atoms with E-state index in [1.54, 1.807) is 19.0 Å². The van der Waals surface area contributed by atoms with E-state index >= 15 is 0 Å². The van der Waals surface area contributed by atoms with Gasteiger partial charge in [-0.1, -0.05) is 0 Å². The molecule has 0 aromatic carbocycles. The number of rotatable bonds is 5. The predicted molar refractivity (Wildman–Crippen MR) is 85.6 cm³/mol. The summed E-state index contributed by atoms with van der Waals surface area (Å²) < 4.78 is 5.36. The van der Waals surface area contributed by atoms with E-state index in [0.717, 1.165) is 18.9 Å². The molecule has 0 bridgehead atoms. The molecule has 6 heteroatoms. The molecule has 21 heavy (non-hydrogen) atoms. The maximum atomic E-state index is 12.0. The first-order valence-electron chi connectivity index (χ1n) is 7.66. The topological polar surface area (TPSA) is 66.0 Å². The summed E-state index contributed by atoms with van der Waals surface area (Å²) in [7, 11) is 3.55. The molecule has 0 aliphatic heterocycles. The highest BCUT2D eigenvalue weighted by molar-refractivity contribution is 5.80. The van der Waals surface area contributed by atoms with Gasteiger partial charge in [-0.3, -0.25) is 4.99 Å². The summed E-state index contributed by atoms with van der Waals surface area (Å²) in [6.07, 6.45) is 2.99. The molecular formula is C15H30N4O2. The first-order chi connectivity index (χ1) is 9.73. The molecule has 0 heterocycles. The Kier molecular flexibility index (Phi) is 6.30. The largest absolute Gasteiger partial charge is 0.444 e. The Morgan fingerprint density at radius 1 is 1.43 bits per heavy atom. The molecule has 1 unspecified atom stereocenters. The molecule has 1 fully saturated rings. The summed E-state index contributed by atoms with van der Waals surface area (Å²) in [6.45, 7) is 8.40. The van der Waals surface area contributed by atoms with E-state index in [1.165, 1.54) is 12.8 Å². The van der Waals surface area contributed by atoms with Crippen molar-refractivity contribution >= 4 is 12.1 Å². The molecule has 0 aromatic heterocycles. The second-order valence-electron chi connectivity index (χ2n) is 6.65. The fourth-order valence-corrected chi connectivity index (χ4v) is 1.72. The van der Waals surface area contributed by atoms with E-state index in [0.29, 0.717) is 6.04 Å². The lowest BCUT2D eigenvalue weighted by Gasteiger charge is -2.28. The molecule has 0 spiro atoms. The maximum Gasteiger partial charge on any atom is 0.410 e. The number of nitrogens with zero attached hydrogens (tertiary/aromatic N) is 2. The minimum atomic E-state index is -0.459. The van der Waals surface area contributed by atoms with Gasteiger partial charge in [-0.2, -0.15) is 0 Å². The van der Waals surface area contributed by atoms with Gasteiger partial charge in [0.05, 0.1) is 0 Å². The molecule has 1 aliphatic carbocycles. The zero-order chi connectivity index (χ0) is 16.0. The summed E-state index contributed by atoms with van der Waals surface area (Å²) in [4.78, 5) is 17.8. The van der Waals surface area contributed by atoms with Crippen LogP contribution in [0, 0.1) is 0 Å². The van der Waals surface area contributed by atoms with Crippen molar-refractivity contribution in [3.8, 4) is 0 Å². The lowest BCUT2D eigenvalue weighted by atomic mass is 10.2. The molecule has 1 saturated carbocycles. The third-order valence-corrected chi connectivity index (χ3v) is 3.34. The van der Waals surface area contributed by atoms with Crippen LogP contribution in [0.15, 0.2) is 4.99 Å². The second-order valence-corrected chi connectivity index (χ2v) is 6.65. The molecule has 1 amide bonds. The van der Waals surface area contributed by atoms with Gasteiger partial charge < -0.3 is 20.3 Å². The van der Waals surface area contributed by atoms with Crippen LogP contribution in [0.4, 0.5) is 4.79 Å². The van der Waals surface area contributed by atoms with Gasteiger partial charge in [0.15, 0.2) is 5.96 Å². The van der Waals surface area contributed by atoms with Gasteiger partial charge in [-0.05, 0) is 47.0 Å². The second kappa shape index (κ2) is 7.52. The minimum absolute atomic E-state index is 0.103. The number of guanidine groups is 1. The normalized spacial score (nSPS) is 17.1. The SMILES string of the molecule is CN=C(NCCC(C)N(C)C(=O)OC(C)(C)C)NC1CC1. The Hall–Kier alpha value is -1.46. The van der Waals surface area contributed by atoms with E-state index in [9.17, 15) is 4.79 Å². The number of hydrogen-bond donors (Lipinski definition) is 2. The van der Waals surface area contributed by atoms with E-state index in [-0.39, 0.29) is 12.1 Å². The quantitative estimate of drug-likeness (QED) is 0.601. The van der Waals surface area contributed by atoms with Gasteiger partial charge in [0, 0.05) is 32.7 Å². The molecule has 1 rings (SSSR count). The van der Waals surface area contributed by atoms with Crippen LogP contribution in [-0.2, 0) is 4.74 Å². The van der Waals surface area contributed by atoms with Crippen molar-refractivity contribution in [1.29, 1.82) is 0 Å². The molecule has 0 aromatic rings. The summed E-state index contributed by atoms with van der Waals surface area (Å²) in [6, 6.07) is 0.685. The Balaban J connectivity index is 2.28. The van der Waals surface area contributed by atoms with Crippen LogP contribution >= 0.6 is 0 Å². The highest BCUT2D eigenvalue weighted by Gasteiger charge is 2.24. The number of nitrogens with one attached hydrogen (secondary N) is 2. The molecule has 122 valence electrons. The minimum Gasteiger partial charge on any atom is -0.444 e. The first kappa shape index (κ1) is 17.6. The Labute approximate surface area is 128 Å². The van der Waals surface area contributed by atoms with Gasteiger partial charge in [-0.15, -0.1) is 0 Å². The van der Waals surface area contributed by atoms with Crippen LogP contribution in [0.25, 0.3) is 0 Å². The number of aliphatic imine (C=N–C) groups is 1. The molecular weight excluding hydrogens is 268 g/mol. The maximum absolute atomic E-state index is 12.0. The molecule has 0 saturated heterocycles. The number of ether oxygens (including phenoxy) is 1. The van der Waals surface area contributed by atoms with Crippen molar-refractivity contribution < 1.29 is 9.53 Å². The third kappa shape index (κ3) is 7.20. The monoisotopic (exact) mass is 298 g/mol. The summed E-state index contributed by atoms with van der Waals surface area (Å²) in [5.74, 6) is 0.838. The fourth-order valence-electron chi connectivity index (χ4n) is 1.72. The van der Waals surface area contributed by atoms with Crippen molar-refractivity contribution in [1.82, 2.24) is 15.5 Å². The fraction of sp³-hybridized carbons (Fsp3) is 0.867. The van der Waals surface area contributed by atoms with Gasteiger partial charge in [0.2, 0.25) is 0 Å². The third-order valence-electron chi connectivity index (χ3n) is 3.34. The van der Waals surface area contributed by atoms with Crippen LogP contribution in [-0.4, -0.2) is 55.3 Å². The number of amides is 1. The Bertz CT molecular complexity index is 372. The smallest absolute Gasteiger partial charge is 0.410 e. The van der Waals surface area contributed by atoms with Crippen molar-refractivity contribution in [3.63, 3.8) is 0 Å². The predicted octanol–water partition coefficient (Wildman–Crippen LogP) is 1.96. The van der Waals surface area contributed by atoms with E-state index in [4.69, 9.17) is 4.74 Å². The van der Waals surface area contributed by atoms with Gasteiger partial charge >= 0.3 is 6.09 Å². The van der Waals surface area contributed by atoms with Crippen LogP contribution in [0.2, 0.25) is 0 Å². The van der Waals surface area contributed by atoms with Gasteiger partial charge in [0.1, 0.15) is 5.60 Å². The summed E-state index contributed by atoms with van der Waals surface area (Å²) >= 11 is 0. The van der Waals surface area contributed by atoms with Crippen LogP contribution in [0.1, 0.15) is 47.0 Å². The van der Waals surface area contributed by atoms with Crippen LogP contribution < -0.4 is 10.6 Å². The van der Waals surface area contributed by atoms with Crippen molar-refractivity contribution in [2.24, 2.45) is 4.99 Å². The van der Waals surface area contributed by atoms with Crippen LogP contribution in [0.3, 0.4) is 0 Å². The zero-order valence-electron chi connectivity index (χ0n) is 14.2. The number of hydrogen-bond acceptors (Lipinski definition) is 3. The van der Waals surface area contributed by atoms with E-state index in [2.05, 4.69) is 15.6 Å². The molecule has 0 radical (unpaired) electrons. The Morgan fingerprint density at radius 2 is 2.05 bits per heavy atom. The van der Waals surface area contributed by atoms with Gasteiger partial charge in [-0.25, -0.2) is 4.79 Å². The zero-order valence-corrected chi connectivity index (χ0v) is 14.2. The van der Waals surface area contributed by atoms with Crippen LogP contribution in [0.5, 0.6) is 0 Å². The summed E-state index contributed by atoms with van der Waals surface area (Å²) in [5.41, 5.74) is -0.459. The van der Waals surface area contributed by atoms with E-state index < -0.39 is 5.60 Å².